The second-order valence-electron chi connectivity index (χ2n) is 3.70. The summed E-state index contributed by atoms with van der Waals surface area (Å²) in [5.74, 6) is -0.101. The predicted molar refractivity (Wildman–Crippen MR) is 64.0 cm³/mol. The maximum atomic E-state index is 11.5. The van der Waals surface area contributed by atoms with Gasteiger partial charge in [0.15, 0.2) is 0 Å². The van der Waals surface area contributed by atoms with E-state index in [9.17, 15) is 4.79 Å². The summed E-state index contributed by atoms with van der Waals surface area (Å²) in [6.07, 6.45) is 0.348. The molecule has 0 spiro atoms. The predicted octanol–water partition coefficient (Wildman–Crippen LogP) is 1.58. The van der Waals surface area contributed by atoms with Gasteiger partial charge < -0.3 is 9.64 Å². The number of nitrogens with zero attached hydrogens (tertiary/aromatic N) is 2. The SMILES string of the molecule is CN(CCC#N)C(=O)COCc1ccccc1. The van der Waals surface area contributed by atoms with Crippen LogP contribution in [0.5, 0.6) is 0 Å². The minimum Gasteiger partial charge on any atom is -0.367 e. The van der Waals surface area contributed by atoms with Crippen LogP contribution in [-0.2, 0) is 16.1 Å². The van der Waals surface area contributed by atoms with Crippen LogP contribution in [0.15, 0.2) is 30.3 Å². The maximum absolute atomic E-state index is 11.5. The Hall–Kier alpha value is -1.86. The number of ether oxygens (including phenoxy) is 1. The van der Waals surface area contributed by atoms with Crippen molar-refractivity contribution >= 4 is 5.91 Å². The van der Waals surface area contributed by atoms with Gasteiger partial charge in [-0.05, 0) is 5.56 Å². The summed E-state index contributed by atoms with van der Waals surface area (Å²) in [6, 6.07) is 11.7. The third-order valence-electron chi connectivity index (χ3n) is 2.32. The van der Waals surface area contributed by atoms with E-state index in [4.69, 9.17) is 10.00 Å². The van der Waals surface area contributed by atoms with E-state index in [-0.39, 0.29) is 12.5 Å². The molecule has 0 radical (unpaired) electrons. The number of amides is 1. The highest BCUT2D eigenvalue weighted by Crippen LogP contribution is 2.00. The molecule has 0 saturated carbocycles. The second kappa shape index (κ2) is 7.42. The zero-order valence-electron chi connectivity index (χ0n) is 9.93. The van der Waals surface area contributed by atoms with Gasteiger partial charge in [-0.25, -0.2) is 0 Å². The Morgan fingerprint density at radius 1 is 1.41 bits per heavy atom. The highest BCUT2D eigenvalue weighted by molar-refractivity contribution is 5.77. The lowest BCUT2D eigenvalue weighted by Crippen LogP contribution is -2.31. The maximum Gasteiger partial charge on any atom is 0.248 e. The number of carbonyl (C=O) groups is 1. The van der Waals surface area contributed by atoms with Crippen LogP contribution in [-0.4, -0.2) is 31.0 Å². The average Bonchev–Trinajstić information content (AvgIpc) is 2.37. The highest BCUT2D eigenvalue weighted by Gasteiger charge is 2.07. The number of rotatable bonds is 6. The number of hydrogen-bond acceptors (Lipinski definition) is 3. The molecule has 4 nitrogen and oxygen atoms in total. The summed E-state index contributed by atoms with van der Waals surface area (Å²) in [4.78, 5) is 13.0. The van der Waals surface area contributed by atoms with E-state index in [1.807, 2.05) is 36.4 Å². The molecule has 1 aromatic rings. The van der Waals surface area contributed by atoms with Gasteiger partial charge in [-0.2, -0.15) is 5.26 Å². The molecule has 0 bridgehead atoms. The molecule has 0 aromatic heterocycles. The van der Waals surface area contributed by atoms with Crippen LogP contribution in [0.25, 0.3) is 0 Å². The molecule has 4 heteroatoms. The number of hydrogen-bond donors (Lipinski definition) is 0. The Balaban J connectivity index is 2.23. The first-order valence-corrected chi connectivity index (χ1v) is 5.46. The normalized spacial score (nSPS) is 9.65. The van der Waals surface area contributed by atoms with Gasteiger partial charge in [0.2, 0.25) is 5.91 Å². The van der Waals surface area contributed by atoms with Gasteiger partial charge in [0.1, 0.15) is 6.61 Å². The first-order valence-electron chi connectivity index (χ1n) is 5.46. The summed E-state index contributed by atoms with van der Waals surface area (Å²) in [5.41, 5.74) is 1.04. The van der Waals surface area contributed by atoms with Crippen molar-refractivity contribution in [3.05, 3.63) is 35.9 Å². The van der Waals surface area contributed by atoms with Crippen molar-refractivity contribution in [2.24, 2.45) is 0 Å². The van der Waals surface area contributed by atoms with E-state index in [0.717, 1.165) is 5.56 Å². The molecule has 0 aliphatic carbocycles. The molecule has 0 aliphatic heterocycles. The van der Waals surface area contributed by atoms with Crippen LogP contribution >= 0.6 is 0 Å². The molecule has 0 atom stereocenters. The van der Waals surface area contributed by atoms with E-state index in [1.54, 1.807) is 7.05 Å². The summed E-state index contributed by atoms with van der Waals surface area (Å²) >= 11 is 0. The fourth-order valence-corrected chi connectivity index (χ4v) is 1.28. The topological polar surface area (TPSA) is 53.3 Å². The molecule has 1 rings (SSSR count). The van der Waals surface area contributed by atoms with Crippen LogP contribution in [0, 0.1) is 11.3 Å². The van der Waals surface area contributed by atoms with Gasteiger partial charge in [-0.15, -0.1) is 0 Å². The van der Waals surface area contributed by atoms with Crippen molar-refractivity contribution in [1.29, 1.82) is 5.26 Å². The molecular weight excluding hydrogens is 216 g/mol. The van der Waals surface area contributed by atoms with Gasteiger partial charge in [0.05, 0.1) is 19.1 Å². The second-order valence-corrected chi connectivity index (χ2v) is 3.70. The lowest BCUT2D eigenvalue weighted by atomic mass is 10.2. The third-order valence-corrected chi connectivity index (χ3v) is 2.32. The van der Waals surface area contributed by atoms with Gasteiger partial charge in [0, 0.05) is 13.6 Å². The Bertz CT molecular complexity index is 384. The first-order chi connectivity index (χ1) is 8.24. The standard InChI is InChI=1S/C13H16N2O2/c1-15(9-5-8-14)13(16)11-17-10-12-6-3-2-4-7-12/h2-4,6-7H,5,9-11H2,1H3. The van der Waals surface area contributed by atoms with E-state index in [0.29, 0.717) is 19.6 Å². The minimum absolute atomic E-state index is 0.0524. The lowest BCUT2D eigenvalue weighted by molar-refractivity contribution is -0.135. The van der Waals surface area contributed by atoms with Crippen LogP contribution in [0.2, 0.25) is 0 Å². The average molecular weight is 232 g/mol. The Labute approximate surface area is 101 Å². The highest BCUT2D eigenvalue weighted by atomic mass is 16.5. The minimum atomic E-state index is -0.101. The van der Waals surface area contributed by atoms with Gasteiger partial charge in [-0.3, -0.25) is 4.79 Å². The number of nitriles is 1. The van der Waals surface area contributed by atoms with E-state index in [1.165, 1.54) is 4.90 Å². The summed E-state index contributed by atoms with van der Waals surface area (Å²) < 4.78 is 5.31. The van der Waals surface area contributed by atoms with E-state index < -0.39 is 0 Å². The molecule has 0 fully saturated rings. The largest absolute Gasteiger partial charge is 0.367 e. The van der Waals surface area contributed by atoms with Crippen LogP contribution < -0.4 is 0 Å². The molecule has 0 N–H and O–H groups in total. The first kappa shape index (κ1) is 13.2. The summed E-state index contributed by atoms with van der Waals surface area (Å²) in [6.45, 7) is 0.930. The van der Waals surface area contributed by atoms with E-state index >= 15 is 0 Å². The van der Waals surface area contributed by atoms with Gasteiger partial charge >= 0.3 is 0 Å². The Morgan fingerprint density at radius 2 is 2.12 bits per heavy atom. The fourth-order valence-electron chi connectivity index (χ4n) is 1.28. The third kappa shape index (κ3) is 5.14. The molecule has 0 saturated heterocycles. The summed E-state index contributed by atoms with van der Waals surface area (Å²) in [5, 5.41) is 8.40. The van der Waals surface area contributed by atoms with Gasteiger partial charge in [-0.1, -0.05) is 30.3 Å². The molecule has 0 heterocycles. The number of carbonyl (C=O) groups excluding carboxylic acids is 1. The fraction of sp³-hybridized carbons (Fsp3) is 0.385. The van der Waals surface area contributed by atoms with Crippen LogP contribution in [0.3, 0.4) is 0 Å². The van der Waals surface area contributed by atoms with Crippen molar-refractivity contribution in [3.8, 4) is 6.07 Å². The molecule has 0 unspecified atom stereocenters. The number of likely N-dealkylation sites (N-methyl/N-ethyl adjacent to an activating group) is 1. The molecular formula is C13H16N2O2. The van der Waals surface area contributed by atoms with E-state index in [2.05, 4.69) is 0 Å². The molecule has 1 amide bonds. The smallest absolute Gasteiger partial charge is 0.248 e. The van der Waals surface area contributed by atoms with Crippen molar-refractivity contribution in [2.75, 3.05) is 20.2 Å². The number of benzene rings is 1. The summed E-state index contributed by atoms with van der Waals surface area (Å²) in [7, 11) is 1.67. The van der Waals surface area contributed by atoms with Crippen molar-refractivity contribution in [3.63, 3.8) is 0 Å². The molecule has 0 aliphatic rings. The Kier molecular flexibility index (Phi) is 5.76. The zero-order chi connectivity index (χ0) is 12.5. The molecule has 1 aromatic carbocycles. The van der Waals surface area contributed by atoms with Crippen LogP contribution in [0.1, 0.15) is 12.0 Å². The Morgan fingerprint density at radius 3 is 2.76 bits per heavy atom. The zero-order valence-corrected chi connectivity index (χ0v) is 9.93. The monoisotopic (exact) mass is 232 g/mol. The quantitative estimate of drug-likeness (QED) is 0.748. The molecule has 90 valence electrons. The van der Waals surface area contributed by atoms with Crippen LogP contribution in [0.4, 0.5) is 0 Å². The molecule has 17 heavy (non-hydrogen) atoms. The van der Waals surface area contributed by atoms with Gasteiger partial charge in [0.25, 0.3) is 0 Å². The van der Waals surface area contributed by atoms with Crippen molar-refractivity contribution in [2.45, 2.75) is 13.0 Å². The lowest BCUT2D eigenvalue weighted by Gasteiger charge is -2.15. The van der Waals surface area contributed by atoms with Crippen molar-refractivity contribution < 1.29 is 9.53 Å². The van der Waals surface area contributed by atoms with Crippen molar-refractivity contribution in [1.82, 2.24) is 4.90 Å².